The molecule has 1 N–H and O–H groups in total. The van der Waals surface area contributed by atoms with Gasteiger partial charge in [-0.3, -0.25) is 0 Å². The molecule has 0 saturated heterocycles. The fourth-order valence-electron chi connectivity index (χ4n) is 1.82. The third-order valence-electron chi connectivity index (χ3n) is 3.20. The first-order valence-electron chi connectivity index (χ1n) is 6.60. The van der Waals surface area contributed by atoms with E-state index in [9.17, 15) is 13.2 Å². The summed E-state index contributed by atoms with van der Waals surface area (Å²) in [6.07, 6.45) is -3.34. The van der Waals surface area contributed by atoms with Gasteiger partial charge in [-0.1, -0.05) is 26.0 Å². The molecule has 0 radical (unpaired) electrons. The lowest BCUT2D eigenvalue weighted by Crippen LogP contribution is -2.30. The van der Waals surface area contributed by atoms with E-state index < -0.39 is 11.7 Å². The van der Waals surface area contributed by atoms with Gasteiger partial charge in [0.25, 0.3) is 0 Å². The zero-order valence-electron chi connectivity index (χ0n) is 12.2. The maximum absolute atomic E-state index is 12.4. The van der Waals surface area contributed by atoms with Gasteiger partial charge in [-0.25, -0.2) is 0 Å². The quantitative estimate of drug-likeness (QED) is 0.823. The van der Waals surface area contributed by atoms with Crippen LogP contribution in [0.1, 0.15) is 31.4 Å². The minimum atomic E-state index is -4.27. The van der Waals surface area contributed by atoms with Crippen molar-refractivity contribution in [1.29, 1.82) is 0 Å². The van der Waals surface area contributed by atoms with Crippen LogP contribution >= 0.6 is 0 Å². The standard InChI is InChI=1S/C15H22F3NO/c1-14(2,8-9-20-3)11-19-10-12-4-6-13(7-5-12)15(16,17)18/h4-7,19H,8-11H2,1-3H3. The first-order chi connectivity index (χ1) is 9.24. The van der Waals surface area contributed by atoms with E-state index in [1.54, 1.807) is 7.11 Å². The van der Waals surface area contributed by atoms with Crippen LogP contribution in [-0.4, -0.2) is 20.3 Å². The van der Waals surface area contributed by atoms with Gasteiger partial charge in [0.15, 0.2) is 0 Å². The van der Waals surface area contributed by atoms with Crippen molar-refractivity contribution >= 4 is 0 Å². The van der Waals surface area contributed by atoms with Crippen LogP contribution in [0.25, 0.3) is 0 Å². The van der Waals surface area contributed by atoms with Gasteiger partial charge in [0.1, 0.15) is 0 Å². The van der Waals surface area contributed by atoms with E-state index in [1.165, 1.54) is 12.1 Å². The third-order valence-corrected chi connectivity index (χ3v) is 3.20. The average molecular weight is 289 g/mol. The Labute approximate surface area is 118 Å². The molecule has 114 valence electrons. The average Bonchev–Trinajstić information content (AvgIpc) is 2.36. The highest BCUT2D eigenvalue weighted by molar-refractivity contribution is 5.24. The Balaban J connectivity index is 2.43. The summed E-state index contributed by atoms with van der Waals surface area (Å²) in [6, 6.07) is 5.26. The summed E-state index contributed by atoms with van der Waals surface area (Å²) < 4.78 is 42.3. The minimum absolute atomic E-state index is 0.0991. The maximum atomic E-state index is 12.4. The van der Waals surface area contributed by atoms with Crippen LogP contribution in [0.4, 0.5) is 13.2 Å². The molecule has 0 aliphatic heterocycles. The van der Waals surface area contributed by atoms with E-state index in [1.807, 2.05) is 0 Å². The summed E-state index contributed by atoms with van der Waals surface area (Å²) in [5.41, 5.74) is 0.337. The number of ether oxygens (including phenoxy) is 1. The summed E-state index contributed by atoms with van der Waals surface area (Å²) in [5.74, 6) is 0. The molecular formula is C15H22F3NO. The van der Waals surface area contributed by atoms with Gasteiger partial charge in [-0.05, 0) is 29.5 Å². The zero-order chi connectivity index (χ0) is 15.2. The molecule has 0 spiro atoms. The number of methoxy groups -OCH3 is 1. The van der Waals surface area contributed by atoms with Crippen molar-refractivity contribution in [2.45, 2.75) is 33.0 Å². The Bertz CT molecular complexity index is 399. The second-order valence-corrected chi connectivity index (χ2v) is 5.71. The van der Waals surface area contributed by atoms with E-state index in [0.29, 0.717) is 13.2 Å². The predicted octanol–water partition coefficient (Wildman–Crippen LogP) is 3.86. The molecule has 0 amide bonds. The van der Waals surface area contributed by atoms with Crippen LogP contribution in [0.3, 0.4) is 0 Å². The van der Waals surface area contributed by atoms with Crippen molar-refractivity contribution in [2.24, 2.45) is 5.41 Å². The summed E-state index contributed by atoms with van der Waals surface area (Å²) in [6.45, 7) is 6.32. The van der Waals surface area contributed by atoms with Gasteiger partial charge in [-0.2, -0.15) is 13.2 Å². The maximum Gasteiger partial charge on any atom is 0.416 e. The Morgan fingerprint density at radius 1 is 1.10 bits per heavy atom. The minimum Gasteiger partial charge on any atom is -0.385 e. The molecule has 1 aromatic carbocycles. The highest BCUT2D eigenvalue weighted by atomic mass is 19.4. The van der Waals surface area contributed by atoms with Crippen molar-refractivity contribution in [3.8, 4) is 0 Å². The van der Waals surface area contributed by atoms with E-state index in [-0.39, 0.29) is 5.41 Å². The van der Waals surface area contributed by atoms with Crippen LogP contribution in [0, 0.1) is 5.41 Å². The Kier molecular flexibility index (Phi) is 6.02. The number of hydrogen-bond acceptors (Lipinski definition) is 2. The number of nitrogens with one attached hydrogen (secondary N) is 1. The number of rotatable bonds is 7. The number of halogens is 3. The topological polar surface area (TPSA) is 21.3 Å². The van der Waals surface area contributed by atoms with E-state index in [0.717, 1.165) is 30.7 Å². The van der Waals surface area contributed by atoms with Crippen LogP contribution in [0.5, 0.6) is 0 Å². The molecule has 20 heavy (non-hydrogen) atoms. The van der Waals surface area contributed by atoms with Gasteiger partial charge in [-0.15, -0.1) is 0 Å². The Morgan fingerprint density at radius 2 is 1.70 bits per heavy atom. The van der Waals surface area contributed by atoms with Crippen LogP contribution in [0.2, 0.25) is 0 Å². The highest BCUT2D eigenvalue weighted by Gasteiger charge is 2.29. The normalized spacial score (nSPS) is 12.7. The predicted molar refractivity (Wildman–Crippen MR) is 73.4 cm³/mol. The van der Waals surface area contributed by atoms with Crippen molar-refractivity contribution in [2.75, 3.05) is 20.3 Å². The van der Waals surface area contributed by atoms with Crippen molar-refractivity contribution in [3.05, 3.63) is 35.4 Å². The summed E-state index contributed by atoms with van der Waals surface area (Å²) >= 11 is 0. The fourth-order valence-corrected chi connectivity index (χ4v) is 1.82. The van der Waals surface area contributed by atoms with Gasteiger partial charge in [0.05, 0.1) is 5.56 Å². The summed E-state index contributed by atoms with van der Waals surface area (Å²) in [4.78, 5) is 0. The smallest absolute Gasteiger partial charge is 0.385 e. The molecule has 0 aromatic heterocycles. The molecule has 5 heteroatoms. The van der Waals surface area contributed by atoms with E-state index >= 15 is 0 Å². The third kappa shape index (κ3) is 5.92. The molecule has 0 unspecified atom stereocenters. The molecule has 0 saturated carbocycles. The molecule has 0 aliphatic rings. The molecule has 0 bridgehead atoms. The second kappa shape index (κ2) is 7.09. The lowest BCUT2D eigenvalue weighted by Gasteiger charge is -2.24. The first-order valence-corrected chi connectivity index (χ1v) is 6.60. The molecule has 0 aliphatic carbocycles. The van der Waals surface area contributed by atoms with Crippen molar-refractivity contribution in [3.63, 3.8) is 0 Å². The van der Waals surface area contributed by atoms with Crippen LogP contribution < -0.4 is 5.32 Å². The van der Waals surface area contributed by atoms with Crippen molar-refractivity contribution in [1.82, 2.24) is 5.32 Å². The molecular weight excluding hydrogens is 267 g/mol. The van der Waals surface area contributed by atoms with Gasteiger partial charge < -0.3 is 10.1 Å². The Hall–Kier alpha value is -1.07. The molecule has 2 nitrogen and oxygen atoms in total. The van der Waals surface area contributed by atoms with Gasteiger partial charge in [0.2, 0.25) is 0 Å². The number of alkyl halides is 3. The van der Waals surface area contributed by atoms with E-state index in [4.69, 9.17) is 4.74 Å². The zero-order valence-corrected chi connectivity index (χ0v) is 12.2. The summed E-state index contributed by atoms with van der Waals surface area (Å²) in [7, 11) is 1.67. The van der Waals surface area contributed by atoms with Crippen molar-refractivity contribution < 1.29 is 17.9 Å². The monoisotopic (exact) mass is 289 g/mol. The number of benzene rings is 1. The SMILES string of the molecule is COCCC(C)(C)CNCc1ccc(C(F)(F)F)cc1. The number of hydrogen-bond donors (Lipinski definition) is 1. The second-order valence-electron chi connectivity index (χ2n) is 5.71. The lowest BCUT2D eigenvalue weighted by atomic mass is 9.89. The molecule has 0 fully saturated rings. The van der Waals surface area contributed by atoms with E-state index in [2.05, 4.69) is 19.2 Å². The molecule has 1 aromatic rings. The van der Waals surface area contributed by atoms with Crippen LogP contribution in [0.15, 0.2) is 24.3 Å². The largest absolute Gasteiger partial charge is 0.416 e. The molecule has 1 rings (SSSR count). The molecule has 0 heterocycles. The fraction of sp³-hybridized carbons (Fsp3) is 0.600. The van der Waals surface area contributed by atoms with Gasteiger partial charge >= 0.3 is 6.18 Å². The van der Waals surface area contributed by atoms with Gasteiger partial charge in [0, 0.05) is 26.8 Å². The molecule has 0 atom stereocenters. The highest BCUT2D eigenvalue weighted by Crippen LogP contribution is 2.29. The first kappa shape index (κ1) is 17.0. The lowest BCUT2D eigenvalue weighted by molar-refractivity contribution is -0.137. The van der Waals surface area contributed by atoms with Crippen LogP contribution in [-0.2, 0) is 17.5 Å². The Morgan fingerprint density at radius 3 is 2.20 bits per heavy atom. The summed E-state index contributed by atoms with van der Waals surface area (Å²) in [5, 5.41) is 3.27.